The number of aryl methyl sites for hydroxylation is 1. The number of benzene rings is 1. The molecule has 0 radical (unpaired) electrons. The standard InChI is InChI=1S/C21H29NO5S/c1-3-24-12-14-11-19-18-6-4-13-10-15(25-28-27-26-22)5-7-16(13)17(18)8-9-21(19,2)20(14)23/h5,7,10,14,17-19H,3-4,6,8-9,11-12,22H2,1-2H3/t14?,17?,18?,19?,21-/m0/s1. The number of Topliss-reactive ketones (excluding diaryl/α,β-unsaturated/α-hetero) is 1. The monoisotopic (exact) mass is 407 g/mol. The van der Waals surface area contributed by atoms with Crippen molar-refractivity contribution in [3.8, 4) is 5.75 Å². The molecule has 0 saturated heterocycles. The molecule has 0 heterocycles. The number of fused-ring (bicyclic) bond motifs is 5. The highest BCUT2D eigenvalue weighted by atomic mass is 32.2. The molecule has 3 aliphatic carbocycles. The molecule has 3 aliphatic rings. The molecule has 0 aromatic heterocycles. The Morgan fingerprint density at radius 2 is 2.18 bits per heavy atom. The van der Waals surface area contributed by atoms with Crippen LogP contribution in [0.2, 0.25) is 0 Å². The zero-order valence-electron chi connectivity index (χ0n) is 16.5. The van der Waals surface area contributed by atoms with E-state index in [1.54, 1.807) is 0 Å². The van der Waals surface area contributed by atoms with Gasteiger partial charge in [0.1, 0.15) is 11.5 Å². The molecular weight excluding hydrogens is 378 g/mol. The number of ether oxygens (including phenoxy) is 1. The number of nitrogens with two attached hydrogens (primary N) is 1. The van der Waals surface area contributed by atoms with Gasteiger partial charge >= 0.3 is 0 Å². The lowest BCUT2D eigenvalue weighted by Crippen LogP contribution is -2.42. The van der Waals surface area contributed by atoms with E-state index in [0.717, 1.165) is 37.9 Å². The Hall–Kier alpha value is -1.12. The Morgan fingerprint density at radius 1 is 1.32 bits per heavy atom. The van der Waals surface area contributed by atoms with Gasteiger partial charge in [-0.15, -0.1) is 9.32 Å². The van der Waals surface area contributed by atoms with Crippen molar-refractivity contribution in [2.75, 3.05) is 13.2 Å². The smallest absolute Gasteiger partial charge is 0.260 e. The van der Waals surface area contributed by atoms with Crippen LogP contribution in [0.5, 0.6) is 5.75 Å². The largest absolute Gasteiger partial charge is 0.399 e. The first-order valence-electron chi connectivity index (χ1n) is 10.2. The quantitative estimate of drug-likeness (QED) is 0.315. The van der Waals surface area contributed by atoms with Crippen molar-refractivity contribution in [1.82, 2.24) is 0 Å². The van der Waals surface area contributed by atoms with Crippen LogP contribution in [0.3, 0.4) is 0 Å². The van der Waals surface area contributed by atoms with Crippen molar-refractivity contribution < 1.29 is 23.0 Å². The second-order valence-electron chi connectivity index (χ2n) is 8.50. The lowest BCUT2D eigenvalue weighted by atomic mass is 9.55. The highest BCUT2D eigenvalue weighted by Gasteiger charge is 2.57. The minimum absolute atomic E-state index is 0.0765. The maximum Gasteiger partial charge on any atom is 0.260 e. The number of ketones is 1. The molecule has 4 unspecified atom stereocenters. The fraction of sp³-hybridized carbons (Fsp3) is 0.667. The third kappa shape index (κ3) is 3.48. The zero-order chi connectivity index (χ0) is 19.7. The van der Waals surface area contributed by atoms with Crippen LogP contribution in [0.1, 0.15) is 56.6 Å². The molecule has 1 aromatic carbocycles. The summed E-state index contributed by atoms with van der Waals surface area (Å²) in [6.07, 6.45) is 5.20. The summed E-state index contributed by atoms with van der Waals surface area (Å²) in [5.41, 5.74) is 2.60. The maximum absolute atomic E-state index is 13.1. The highest BCUT2D eigenvalue weighted by Crippen LogP contribution is 2.60. The molecule has 154 valence electrons. The molecular formula is C21H29NO5S. The number of carbonyl (C=O) groups is 1. The van der Waals surface area contributed by atoms with Crippen LogP contribution in [0, 0.1) is 23.2 Å². The van der Waals surface area contributed by atoms with Gasteiger partial charge in [0.2, 0.25) is 0 Å². The van der Waals surface area contributed by atoms with E-state index in [4.69, 9.17) is 14.8 Å². The summed E-state index contributed by atoms with van der Waals surface area (Å²) >= 11 is 0.702. The Bertz CT molecular complexity index is 729. The van der Waals surface area contributed by atoms with Crippen LogP contribution in [-0.2, 0) is 25.3 Å². The highest BCUT2D eigenvalue weighted by molar-refractivity contribution is 7.90. The molecule has 0 aliphatic heterocycles. The topological polar surface area (TPSA) is 80.0 Å². The van der Waals surface area contributed by atoms with Gasteiger partial charge in [-0.05, 0) is 80.0 Å². The Labute approximate surface area is 170 Å². The minimum Gasteiger partial charge on any atom is -0.399 e. The first-order valence-corrected chi connectivity index (χ1v) is 10.9. The predicted molar refractivity (Wildman–Crippen MR) is 106 cm³/mol. The fourth-order valence-corrected chi connectivity index (χ4v) is 6.27. The molecule has 4 rings (SSSR count). The second kappa shape index (κ2) is 8.32. The number of hydrogen-bond donors (Lipinski definition) is 1. The summed E-state index contributed by atoms with van der Waals surface area (Å²) in [7, 11) is 0. The van der Waals surface area contributed by atoms with Crippen LogP contribution in [-0.4, -0.2) is 19.0 Å². The van der Waals surface area contributed by atoms with E-state index in [0.29, 0.717) is 49.1 Å². The van der Waals surface area contributed by atoms with E-state index in [2.05, 4.69) is 28.4 Å². The molecule has 1 aromatic rings. The van der Waals surface area contributed by atoms with Crippen molar-refractivity contribution in [3.63, 3.8) is 0 Å². The Morgan fingerprint density at radius 3 is 2.96 bits per heavy atom. The van der Waals surface area contributed by atoms with Crippen LogP contribution in [0.15, 0.2) is 18.2 Å². The zero-order valence-corrected chi connectivity index (χ0v) is 17.3. The summed E-state index contributed by atoms with van der Waals surface area (Å²) in [5, 5.41) is 0. The van der Waals surface area contributed by atoms with Gasteiger partial charge in [-0.1, -0.05) is 13.0 Å². The van der Waals surface area contributed by atoms with Gasteiger partial charge < -0.3 is 8.92 Å². The van der Waals surface area contributed by atoms with Crippen LogP contribution < -0.4 is 10.1 Å². The minimum atomic E-state index is -0.167. The molecule has 2 fully saturated rings. The fourth-order valence-electron chi connectivity index (χ4n) is 6.02. The van der Waals surface area contributed by atoms with Gasteiger partial charge in [0, 0.05) is 17.9 Å². The van der Waals surface area contributed by atoms with Crippen LogP contribution >= 0.6 is 12.3 Å². The van der Waals surface area contributed by atoms with Crippen LogP contribution in [0.4, 0.5) is 0 Å². The molecule has 6 nitrogen and oxygen atoms in total. The van der Waals surface area contributed by atoms with E-state index in [1.165, 1.54) is 11.1 Å². The van der Waals surface area contributed by atoms with Gasteiger partial charge in [-0.2, -0.15) is 5.90 Å². The molecule has 7 heteroatoms. The number of hydrogen-bond acceptors (Lipinski definition) is 7. The van der Waals surface area contributed by atoms with E-state index < -0.39 is 0 Å². The number of rotatable bonds is 7. The second-order valence-corrected chi connectivity index (χ2v) is 8.94. The SMILES string of the molecule is CCOCC1CC2C3CCc4cc(OSOON)ccc4C3CC[C@]2(C)C1=O. The van der Waals surface area contributed by atoms with Crippen molar-refractivity contribution in [2.24, 2.45) is 29.1 Å². The average Bonchev–Trinajstić information content (AvgIpc) is 2.97. The van der Waals surface area contributed by atoms with Gasteiger partial charge in [0.15, 0.2) is 0 Å². The molecule has 0 amide bonds. The van der Waals surface area contributed by atoms with Crippen molar-refractivity contribution in [2.45, 2.75) is 51.9 Å². The van der Waals surface area contributed by atoms with Crippen molar-refractivity contribution >= 4 is 18.1 Å². The van der Waals surface area contributed by atoms with Crippen molar-refractivity contribution in [1.29, 1.82) is 0 Å². The summed E-state index contributed by atoms with van der Waals surface area (Å²) in [6, 6.07) is 6.24. The van der Waals surface area contributed by atoms with Gasteiger partial charge in [-0.25, -0.2) is 0 Å². The van der Waals surface area contributed by atoms with Gasteiger partial charge in [0.05, 0.1) is 6.61 Å². The molecule has 0 spiro atoms. The molecule has 28 heavy (non-hydrogen) atoms. The molecule has 0 bridgehead atoms. The Kier molecular flexibility index (Phi) is 5.99. The molecule has 2 N–H and O–H groups in total. The molecule has 5 atom stereocenters. The summed E-state index contributed by atoms with van der Waals surface area (Å²) in [4.78, 5) is 17.2. The molecule has 2 saturated carbocycles. The van der Waals surface area contributed by atoms with Crippen molar-refractivity contribution in [3.05, 3.63) is 29.3 Å². The first kappa shape index (κ1) is 20.2. The third-order valence-corrected chi connectivity index (χ3v) is 7.67. The van der Waals surface area contributed by atoms with E-state index in [9.17, 15) is 4.79 Å². The summed E-state index contributed by atoms with van der Waals surface area (Å²) in [5.74, 6) is 7.65. The number of carbonyl (C=O) groups excluding carboxylic acids is 1. The summed E-state index contributed by atoms with van der Waals surface area (Å²) < 4.78 is 15.6. The van der Waals surface area contributed by atoms with E-state index in [1.807, 2.05) is 13.0 Å². The summed E-state index contributed by atoms with van der Waals surface area (Å²) in [6.45, 7) is 5.47. The van der Waals surface area contributed by atoms with Gasteiger partial charge in [0.25, 0.3) is 12.3 Å². The predicted octanol–water partition coefficient (Wildman–Crippen LogP) is 4.14. The lowest BCUT2D eigenvalue weighted by molar-refractivity contribution is -0.199. The van der Waals surface area contributed by atoms with Crippen LogP contribution in [0.25, 0.3) is 0 Å². The Balaban J connectivity index is 1.52. The average molecular weight is 408 g/mol. The normalized spacial score (nSPS) is 33.9. The lowest BCUT2D eigenvalue weighted by Gasteiger charge is -2.48. The first-order chi connectivity index (χ1) is 13.6. The van der Waals surface area contributed by atoms with E-state index >= 15 is 0 Å². The van der Waals surface area contributed by atoms with Gasteiger partial charge in [-0.3, -0.25) is 4.79 Å². The van der Waals surface area contributed by atoms with E-state index in [-0.39, 0.29) is 11.3 Å². The maximum atomic E-state index is 13.1. The third-order valence-electron chi connectivity index (χ3n) is 7.28.